The van der Waals surface area contributed by atoms with Crippen molar-refractivity contribution in [2.45, 2.75) is 38.8 Å². The zero-order chi connectivity index (χ0) is 21.0. The maximum absolute atomic E-state index is 11.8. The molecule has 162 valence electrons. The van der Waals surface area contributed by atoms with Crippen molar-refractivity contribution >= 4 is 50.7 Å². The lowest BCUT2D eigenvalue weighted by Gasteiger charge is -2.11. The number of aliphatic imine (C=N–C) groups is 1. The number of sulfone groups is 1. The monoisotopic (exact) mass is 541 g/mol. The zero-order valence-electron chi connectivity index (χ0n) is 17.7. The Morgan fingerprint density at radius 1 is 1.10 bits per heavy atom. The van der Waals surface area contributed by atoms with E-state index in [9.17, 15) is 8.42 Å². The molecule has 3 rings (SSSR count). The molecule has 0 unspecified atom stereocenters. The second-order valence-corrected chi connectivity index (χ2v) is 9.05. The number of guanidine groups is 1. The first-order valence-electron chi connectivity index (χ1n) is 9.58. The quantitative estimate of drug-likeness (QED) is 0.276. The molecule has 0 bridgehead atoms. The normalized spacial score (nSPS) is 11.9. The molecule has 1 aromatic heterocycles. The molecule has 0 saturated carbocycles. The fourth-order valence-corrected chi connectivity index (χ4v) is 4.25. The molecule has 0 fully saturated rings. The van der Waals surface area contributed by atoms with Crippen molar-refractivity contribution < 1.29 is 12.8 Å². The van der Waals surface area contributed by atoms with Crippen molar-refractivity contribution in [3.05, 3.63) is 64.9 Å². The van der Waals surface area contributed by atoms with E-state index in [2.05, 4.69) is 28.6 Å². The minimum atomic E-state index is -3.22. The molecule has 0 aliphatic carbocycles. The third-order valence-electron chi connectivity index (χ3n) is 4.76. The number of hydrogen-bond donors (Lipinski definition) is 2. The molecule has 2 aromatic carbocycles. The number of rotatable bonds is 6. The van der Waals surface area contributed by atoms with Crippen LogP contribution in [0.5, 0.6) is 0 Å². The average molecular weight is 541 g/mol. The van der Waals surface area contributed by atoms with E-state index in [4.69, 9.17) is 4.42 Å². The number of nitrogens with zero attached hydrogens (tertiary/aromatic N) is 1. The van der Waals surface area contributed by atoms with Gasteiger partial charge in [-0.25, -0.2) is 13.4 Å². The summed E-state index contributed by atoms with van der Waals surface area (Å²) >= 11 is 0. The third-order valence-corrected chi connectivity index (χ3v) is 6.02. The molecule has 0 saturated heterocycles. The Morgan fingerprint density at radius 3 is 2.47 bits per heavy atom. The second kappa shape index (κ2) is 10.3. The lowest BCUT2D eigenvalue weighted by molar-refractivity contribution is 0.534. The maximum Gasteiger partial charge on any atom is 0.191 e. The highest BCUT2D eigenvalue weighted by Crippen LogP contribution is 2.24. The molecule has 0 atom stereocenters. The molecule has 1 heterocycles. The summed E-state index contributed by atoms with van der Waals surface area (Å²) in [5.74, 6) is 1.56. The Morgan fingerprint density at radius 2 is 1.83 bits per heavy atom. The summed E-state index contributed by atoms with van der Waals surface area (Å²) < 4.78 is 29.5. The van der Waals surface area contributed by atoms with Crippen LogP contribution in [0.3, 0.4) is 0 Å². The van der Waals surface area contributed by atoms with Gasteiger partial charge in [0.05, 0.1) is 18.0 Å². The van der Waals surface area contributed by atoms with Crippen LogP contribution in [0.15, 0.2) is 56.8 Å². The van der Waals surface area contributed by atoms with Crippen molar-refractivity contribution in [1.29, 1.82) is 0 Å². The van der Waals surface area contributed by atoms with Crippen LogP contribution in [0.4, 0.5) is 0 Å². The summed E-state index contributed by atoms with van der Waals surface area (Å²) in [6.45, 7) is 7.57. The Labute approximate surface area is 195 Å². The van der Waals surface area contributed by atoms with Gasteiger partial charge in [-0.2, -0.15) is 0 Å². The average Bonchev–Trinajstić information content (AvgIpc) is 2.99. The number of benzene rings is 2. The Balaban J connectivity index is 0.00000320. The molecule has 0 radical (unpaired) electrons. The predicted octanol–water partition coefficient (Wildman–Crippen LogP) is 4.33. The van der Waals surface area contributed by atoms with E-state index >= 15 is 0 Å². The van der Waals surface area contributed by atoms with Crippen molar-refractivity contribution in [2.75, 3.05) is 12.8 Å². The molecule has 8 heteroatoms. The molecule has 0 aliphatic heterocycles. The molecule has 2 N–H and O–H groups in total. The van der Waals surface area contributed by atoms with E-state index in [1.54, 1.807) is 19.1 Å². The standard InChI is InChI=1S/C22H27N3O3S.HI/c1-5-23-22(24-13-17-10-11-21(15(2)12-17)29(4,26)27)25-14-20-16(3)18-8-6-7-9-19(18)28-20;/h6-12H,5,13-14H2,1-4H3,(H2,23,24,25);1H. The van der Waals surface area contributed by atoms with Crippen LogP contribution in [0.25, 0.3) is 11.0 Å². The highest BCUT2D eigenvalue weighted by Gasteiger charge is 2.12. The summed E-state index contributed by atoms with van der Waals surface area (Å²) in [4.78, 5) is 4.98. The minimum Gasteiger partial charge on any atom is -0.459 e. The number of fused-ring (bicyclic) bond motifs is 1. The first-order chi connectivity index (χ1) is 13.8. The summed E-state index contributed by atoms with van der Waals surface area (Å²) in [6.07, 6.45) is 1.22. The van der Waals surface area contributed by atoms with E-state index in [1.807, 2.05) is 31.2 Å². The van der Waals surface area contributed by atoms with E-state index < -0.39 is 9.84 Å². The first-order valence-corrected chi connectivity index (χ1v) is 11.5. The largest absolute Gasteiger partial charge is 0.459 e. The molecule has 0 aliphatic rings. The number of hydrogen-bond acceptors (Lipinski definition) is 4. The number of furan rings is 1. The SMILES string of the molecule is CCNC(=NCc1ccc(S(C)(=O)=O)c(C)c1)NCc1oc2ccccc2c1C.I. The molecule has 6 nitrogen and oxygen atoms in total. The Kier molecular flexibility index (Phi) is 8.31. The number of nitrogens with one attached hydrogen (secondary N) is 2. The van der Waals surface area contributed by atoms with Crippen LogP contribution >= 0.6 is 24.0 Å². The van der Waals surface area contributed by atoms with Gasteiger partial charge in [0.2, 0.25) is 0 Å². The van der Waals surface area contributed by atoms with Gasteiger partial charge in [-0.15, -0.1) is 24.0 Å². The highest BCUT2D eigenvalue weighted by molar-refractivity contribution is 14.0. The Bertz CT molecular complexity index is 1150. The number of para-hydroxylation sites is 1. The smallest absolute Gasteiger partial charge is 0.191 e. The highest BCUT2D eigenvalue weighted by atomic mass is 127. The van der Waals surface area contributed by atoms with E-state index in [-0.39, 0.29) is 24.0 Å². The topological polar surface area (TPSA) is 83.7 Å². The summed E-state index contributed by atoms with van der Waals surface area (Å²) in [5.41, 5.74) is 3.68. The van der Waals surface area contributed by atoms with Gasteiger partial charge in [-0.1, -0.05) is 30.3 Å². The van der Waals surface area contributed by atoms with Gasteiger partial charge in [0.25, 0.3) is 0 Å². The zero-order valence-corrected chi connectivity index (χ0v) is 20.8. The first kappa shape index (κ1) is 24.2. The van der Waals surface area contributed by atoms with Crippen molar-refractivity contribution in [3.8, 4) is 0 Å². The van der Waals surface area contributed by atoms with Crippen LogP contribution in [0, 0.1) is 13.8 Å². The lowest BCUT2D eigenvalue weighted by Crippen LogP contribution is -2.36. The van der Waals surface area contributed by atoms with Gasteiger partial charge in [0, 0.05) is 23.8 Å². The maximum atomic E-state index is 11.8. The fraction of sp³-hybridized carbons (Fsp3) is 0.318. The number of aryl methyl sites for hydroxylation is 2. The molecular formula is C22H28IN3O3S. The predicted molar refractivity (Wildman–Crippen MR) is 132 cm³/mol. The van der Waals surface area contributed by atoms with Crippen LogP contribution in [0.2, 0.25) is 0 Å². The third kappa shape index (κ3) is 5.75. The van der Waals surface area contributed by atoms with E-state index in [1.165, 1.54) is 6.26 Å². The minimum absolute atomic E-state index is 0. The summed E-state index contributed by atoms with van der Waals surface area (Å²) in [6, 6.07) is 13.3. The summed E-state index contributed by atoms with van der Waals surface area (Å²) in [7, 11) is -3.22. The lowest BCUT2D eigenvalue weighted by atomic mass is 10.1. The van der Waals surface area contributed by atoms with Gasteiger partial charge >= 0.3 is 0 Å². The fourth-order valence-electron chi connectivity index (χ4n) is 3.30. The van der Waals surface area contributed by atoms with E-state index in [0.717, 1.165) is 40.0 Å². The van der Waals surface area contributed by atoms with Gasteiger partial charge in [-0.05, 0) is 44.0 Å². The number of halogens is 1. The molecule has 3 aromatic rings. The van der Waals surface area contributed by atoms with Crippen LogP contribution in [-0.4, -0.2) is 27.2 Å². The molecule has 0 amide bonds. The summed E-state index contributed by atoms with van der Waals surface area (Å²) in [5, 5.41) is 7.65. The van der Waals surface area contributed by atoms with Crippen molar-refractivity contribution in [2.24, 2.45) is 4.99 Å². The van der Waals surface area contributed by atoms with Crippen molar-refractivity contribution in [3.63, 3.8) is 0 Å². The Hall–Kier alpha value is -2.07. The van der Waals surface area contributed by atoms with E-state index in [0.29, 0.717) is 23.9 Å². The van der Waals surface area contributed by atoms with Crippen LogP contribution in [0.1, 0.15) is 29.4 Å². The van der Waals surface area contributed by atoms with Gasteiger partial charge in [0.1, 0.15) is 11.3 Å². The van der Waals surface area contributed by atoms with Gasteiger partial charge < -0.3 is 15.1 Å². The molecular weight excluding hydrogens is 513 g/mol. The molecule has 0 spiro atoms. The van der Waals surface area contributed by atoms with Gasteiger partial charge in [0.15, 0.2) is 15.8 Å². The van der Waals surface area contributed by atoms with Crippen LogP contribution < -0.4 is 10.6 Å². The van der Waals surface area contributed by atoms with Gasteiger partial charge in [-0.3, -0.25) is 0 Å². The van der Waals surface area contributed by atoms with Crippen LogP contribution in [-0.2, 0) is 22.9 Å². The second-order valence-electron chi connectivity index (χ2n) is 7.07. The molecule has 30 heavy (non-hydrogen) atoms. The van der Waals surface area contributed by atoms with Crippen molar-refractivity contribution in [1.82, 2.24) is 10.6 Å².